The van der Waals surface area contributed by atoms with E-state index in [1.165, 1.54) is 46.1 Å². The first-order valence-corrected chi connectivity index (χ1v) is 7.41. The van der Waals surface area contributed by atoms with Crippen LogP contribution in [0.2, 0.25) is 0 Å². The molecule has 1 aromatic rings. The molecule has 0 spiro atoms. The molecule has 1 aliphatic carbocycles. The molecule has 0 bridgehead atoms. The molecule has 1 heterocycles. The van der Waals surface area contributed by atoms with Crippen molar-refractivity contribution in [3.8, 4) is 0 Å². The molecule has 3 heteroatoms. The second kappa shape index (κ2) is 5.46. The molecule has 15 heavy (non-hydrogen) atoms. The van der Waals surface area contributed by atoms with E-state index >= 15 is 0 Å². The van der Waals surface area contributed by atoms with Crippen LogP contribution in [0.1, 0.15) is 43.7 Å². The minimum absolute atomic E-state index is 0.142. The fourth-order valence-corrected chi connectivity index (χ4v) is 3.43. The Morgan fingerprint density at radius 2 is 2.20 bits per heavy atom. The van der Waals surface area contributed by atoms with Crippen molar-refractivity contribution < 1.29 is 0 Å². The van der Waals surface area contributed by atoms with Crippen LogP contribution in [0.3, 0.4) is 0 Å². The smallest absolute Gasteiger partial charge is 0.0656 e. The molecule has 1 atom stereocenters. The van der Waals surface area contributed by atoms with Gasteiger partial charge in [-0.1, -0.05) is 18.1 Å². The monoisotopic (exact) mass is 333 g/mol. The molecule has 1 aromatic heterocycles. The summed E-state index contributed by atoms with van der Waals surface area (Å²) >= 11 is 4.14. The Bertz CT molecular complexity index is 356. The van der Waals surface area contributed by atoms with Gasteiger partial charge >= 0.3 is 0 Å². The Kier molecular flexibility index (Phi) is 4.22. The summed E-state index contributed by atoms with van der Waals surface area (Å²) in [5.74, 6) is 0. The Labute approximate surface area is 109 Å². The molecular formula is C12H16INS. The van der Waals surface area contributed by atoms with Gasteiger partial charge in [0.25, 0.3) is 0 Å². The van der Waals surface area contributed by atoms with Crippen molar-refractivity contribution in [3.05, 3.63) is 31.5 Å². The molecule has 2 N–H and O–H groups in total. The Morgan fingerprint density at radius 3 is 2.93 bits per heavy atom. The summed E-state index contributed by atoms with van der Waals surface area (Å²) in [6.45, 7) is 0. The Hall–Kier alpha value is 0.130. The summed E-state index contributed by atoms with van der Waals surface area (Å²) in [6, 6.07) is 2.35. The lowest BCUT2D eigenvalue weighted by Crippen LogP contribution is -2.12. The van der Waals surface area contributed by atoms with Crippen LogP contribution in [0, 0.1) is 2.88 Å². The molecule has 82 valence electrons. The number of hydrogen-bond acceptors (Lipinski definition) is 2. The average Bonchev–Trinajstić information content (AvgIpc) is 2.53. The van der Waals surface area contributed by atoms with E-state index in [0.717, 1.165) is 0 Å². The second-order valence-electron chi connectivity index (χ2n) is 4.04. The van der Waals surface area contributed by atoms with Gasteiger partial charge in [-0.3, -0.25) is 0 Å². The summed E-state index contributed by atoms with van der Waals surface area (Å²) in [5, 5.41) is 2.19. The van der Waals surface area contributed by atoms with Crippen molar-refractivity contribution in [1.82, 2.24) is 0 Å². The first kappa shape index (κ1) is 11.6. The zero-order valence-electron chi connectivity index (χ0n) is 8.71. The third-order valence-corrected chi connectivity index (χ3v) is 4.73. The van der Waals surface area contributed by atoms with E-state index in [9.17, 15) is 0 Å². The number of hydrogen-bond donors (Lipinski definition) is 1. The highest BCUT2D eigenvalue weighted by Crippen LogP contribution is 2.30. The third kappa shape index (κ3) is 3.04. The van der Waals surface area contributed by atoms with E-state index in [2.05, 4.69) is 40.1 Å². The standard InChI is InChI=1S/C12H16INS/c13-11-7-10(8-15-11)12(14)9-5-3-1-2-4-6-9/h5,7-8,12H,1-4,6,14H2. The second-order valence-corrected chi connectivity index (χ2v) is 6.85. The van der Waals surface area contributed by atoms with Gasteiger partial charge in [0.2, 0.25) is 0 Å². The molecule has 1 aliphatic rings. The van der Waals surface area contributed by atoms with Crippen LogP contribution >= 0.6 is 33.9 Å². The van der Waals surface area contributed by atoms with Crippen LogP contribution in [0.4, 0.5) is 0 Å². The van der Waals surface area contributed by atoms with E-state index < -0.39 is 0 Å². The third-order valence-electron chi connectivity index (χ3n) is 2.92. The van der Waals surface area contributed by atoms with Gasteiger partial charge in [0.05, 0.1) is 8.93 Å². The predicted molar refractivity (Wildman–Crippen MR) is 75.1 cm³/mol. The molecule has 0 aliphatic heterocycles. The largest absolute Gasteiger partial charge is 0.321 e. The Balaban J connectivity index is 2.12. The van der Waals surface area contributed by atoms with Gasteiger partial charge in [-0.05, 0) is 65.3 Å². The maximum atomic E-state index is 6.29. The number of halogens is 1. The van der Waals surface area contributed by atoms with Crippen molar-refractivity contribution >= 4 is 33.9 Å². The van der Waals surface area contributed by atoms with Gasteiger partial charge in [-0.2, -0.15) is 0 Å². The fourth-order valence-electron chi connectivity index (χ4n) is 2.02. The molecule has 2 rings (SSSR count). The van der Waals surface area contributed by atoms with Crippen molar-refractivity contribution in [1.29, 1.82) is 0 Å². The van der Waals surface area contributed by atoms with E-state index in [1.54, 1.807) is 11.3 Å². The van der Waals surface area contributed by atoms with Crippen LogP contribution in [-0.2, 0) is 0 Å². The Morgan fingerprint density at radius 1 is 1.33 bits per heavy atom. The highest BCUT2D eigenvalue weighted by Gasteiger charge is 2.14. The van der Waals surface area contributed by atoms with Gasteiger partial charge in [0, 0.05) is 0 Å². The molecule has 0 radical (unpaired) electrons. The molecular weight excluding hydrogens is 317 g/mol. The zero-order chi connectivity index (χ0) is 10.7. The van der Waals surface area contributed by atoms with Gasteiger partial charge in [0.1, 0.15) is 0 Å². The first-order chi connectivity index (χ1) is 7.27. The molecule has 1 unspecified atom stereocenters. The van der Waals surface area contributed by atoms with Crippen LogP contribution in [0.5, 0.6) is 0 Å². The highest BCUT2D eigenvalue weighted by atomic mass is 127. The summed E-state index contributed by atoms with van der Waals surface area (Å²) in [5.41, 5.74) is 9.02. The predicted octanol–water partition coefficient (Wildman–Crippen LogP) is 4.24. The fraction of sp³-hybridized carbons (Fsp3) is 0.500. The van der Waals surface area contributed by atoms with Crippen molar-refractivity contribution in [2.24, 2.45) is 5.73 Å². The maximum absolute atomic E-state index is 6.29. The molecule has 0 saturated heterocycles. The summed E-state index contributed by atoms with van der Waals surface area (Å²) in [4.78, 5) is 0. The lowest BCUT2D eigenvalue weighted by molar-refractivity contribution is 0.688. The maximum Gasteiger partial charge on any atom is 0.0656 e. The first-order valence-electron chi connectivity index (χ1n) is 5.46. The topological polar surface area (TPSA) is 26.0 Å². The molecule has 0 aromatic carbocycles. The number of rotatable bonds is 2. The van der Waals surface area contributed by atoms with Crippen molar-refractivity contribution in [2.75, 3.05) is 0 Å². The lowest BCUT2D eigenvalue weighted by Gasteiger charge is -2.13. The van der Waals surface area contributed by atoms with E-state index in [-0.39, 0.29) is 6.04 Å². The van der Waals surface area contributed by atoms with Crippen LogP contribution < -0.4 is 5.73 Å². The van der Waals surface area contributed by atoms with Gasteiger partial charge < -0.3 is 5.73 Å². The highest BCUT2D eigenvalue weighted by molar-refractivity contribution is 14.1. The van der Waals surface area contributed by atoms with Gasteiger partial charge in [-0.25, -0.2) is 0 Å². The molecule has 0 saturated carbocycles. The molecule has 0 fully saturated rings. The van der Waals surface area contributed by atoms with Crippen molar-refractivity contribution in [2.45, 2.75) is 38.1 Å². The van der Waals surface area contributed by atoms with E-state index in [1.807, 2.05) is 0 Å². The molecule has 0 amide bonds. The average molecular weight is 333 g/mol. The number of nitrogens with two attached hydrogens (primary N) is 1. The quantitative estimate of drug-likeness (QED) is 0.636. The minimum atomic E-state index is 0.142. The van der Waals surface area contributed by atoms with E-state index in [0.29, 0.717) is 0 Å². The number of thiophene rings is 1. The summed E-state index contributed by atoms with van der Waals surface area (Å²) < 4.78 is 1.33. The number of allylic oxidation sites excluding steroid dienone is 1. The molecule has 1 nitrogen and oxygen atoms in total. The zero-order valence-corrected chi connectivity index (χ0v) is 11.7. The minimum Gasteiger partial charge on any atom is -0.321 e. The van der Waals surface area contributed by atoms with Gasteiger partial charge in [-0.15, -0.1) is 11.3 Å². The van der Waals surface area contributed by atoms with Crippen molar-refractivity contribution in [3.63, 3.8) is 0 Å². The normalized spacial score (nSPS) is 19.5. The SMILES string of the molecule is NC(C1=CCCCCC1)c1csc(I)c1. The van der Waals surface area contributed by atoms with Gasteiger partial charge in [0.15, 0.2) is 0 Å². The van der Waals surface area contributed by atoms with E-state index in [4.69, 9.17) is 5.73 Å². The lowest BCUT2D eigenvalue weighted by atomic mass is 9.98. The summed E-state index contributed by atoms with van der Waals surface area (Å²) in [6.07, 6.45) is 8.76. The van der Waals surface area contributed by atoms with Crippen LogP contribution in [-0.4, -0.2) is 0 Å². The van der Waals surface area contributed by atoms with Crippen LogP contribution in [0.15, 0.2) is 23.1 Å². The summed E-state index contributed by atoms with van der Waals surface area (Å²) in [7, 11) is 0. The van der Waals surface area contributed by atoms with Crippen LogP contribution in [0.25, 0.3) is 0 Å².